The molecule has 0 radical (unpaired) electrons. The lowest BCUT2D eigenvalue weighted by Crippen LogP contribution is -1.92. The molecule has 0 aliphatic rings. The zero-order valence-electron chi connectivity index (χ0n) is 8.91. The maximum atomic E-state index is 5.56. The van der Waals surface area contributed by atoms with Crippen LogP contribution in [0.1, 0.15) is 5.89 Å². The zero-order chi connectivity index (χ0) is 12.3. The number of alkyl halides is 1. The summed E-state index contributed by atoms with van der Waals surface area (Å²) in [5, 5.41) is 10.5. The van der Waals surface area contributed by atoms with E-state index in [0.717, 1.165) is 10.2 Å². The number of benzene rings is 1. The molecule has 0 aliphatic heterocycles. The van der Waals surface area contributed by atoms with Crippen LogP contribution in [0, 0.1) is 0 Å². The van der Waals surface area contributed by atoms with E-state index in [4.69, 9.17) is 20.8 Å². The molecule has 0 unspecified atom stereocenters. The van der Waals surface area contributed by atoms with Gasteiger partial charge in [-0.15, -0.1) is 16.7 Å². The van der Waals surface area contributed by atoms with Crippen molar-refractivity contribution >= 4 is 39.2 Å². The second-order valence-electron chi connectivity index (χ2n) is 3.11. The summed E-state index contributed by atoms with van der Waals surface area (Å²) in [7, 11) is 1.60. The van der Waals surface area contributed by atoms with E-state index in [1.54, 1.807) is 7.11 Å². The Kier molecular flexibility index (Phi) is 3.86. The molecule has 2 rings (SSSR count). The van der Waals surface area contributed by atoms with Crippen LogP contribution in [-0.4, -0.2) is 17.3 Å². The summed E-state index contributed by atoms with van der Waals surface area (Å²) in [5.41, 5.74) is 0.787. The fraction of sp³-hybridized carbons (Fsp3) is 0.200. The maximum Gasteiger partial charge on any atom is 0.320 e. The van der Waals surface area contributed by atoms with Gasteiger partial charge in [-0.3, -0.25) is 0 Å². The molecule has 17 heavy (non-hydrogen) atoms. The summed E-state index contributed by atoms with van der Waals surface area (Å²) in [6.07, 6.45) is 0. The Labute approximate surface area is 111 Å². The van der Waals surface area contributed by atoms with Crippen LogP contribution in [0.2, 0.25) is 0 Å². The highest BCUT2D eigenvalue weighted by atomic mass is 79.9. The minimum atomic E-state index is 0.193. The second-order valence-corrected chi connectivity index (χ2v) is 4.23. The van der Waals surface area contributed by atoms with Crippen LogP contribution in [0.5, 0.6) is 5.75 Å². The van der Waals surface area contributed by atoms with E-state index < -0.39 is 0 Å². The first-order chi connectivity index (χ1) is 8.22. The lowest BCUT2D eigenvalue weighted by atomic mass is 10.3. The highest BCUT2D eigenvalue weighted by Gasteiger charge is 2.06. The van der Waals surface area contributed by atoms with Crippen molar-refractivity contribution in [3.8, 4) is 5.75 Å². The van der Waals surface area contributed by atoms with Gasteiger partial charge in [0.25, 0.3) is 0 Å². The minimum Gasteiger partial charge on any atom is -0.495 e. The topological polar surface area (TPSA) is 60.2 Å². The Balaban J connectivity index is 2.18. The fourth-order valence-electron chi connectivity index (χ4n) is 1.22. The highest BCUT2D eigenvalue weighted by molar-refractivity contribution is 9.10. The molecule has 1 aromatic carbocycles. The molecule has 0 atom stereocenters. The molecule has 1 N–H and O–H groups in total. The summed E-state index contributed by atoms with van der Waals surface area (Å²) in [6, 6.07) is 5.83. The predicted octanol–water partition coefficient (Wildman–Crippen LogP) is 3.32. The van der Waals surface area contributed by atoms with Gasteiger partial charge in [0.2, 0.25) is 5.89 Å². The number of hydrogen-bond donors (Lipinski definition) is 1. The van der Waals surface area contributed by atoms with E-state index in [1.807, 2.05) is 18.2 Å². The van der Waals surface area contributed by atoms with E-state index in [9.17, 15) is 0 Å². The molecule has 5 nitrogen and oxygen atoms in total. The molecule has 0 spiro atoms. The first kappa shape index (κ1) is 12.2. The van der Waals surface area contributed by atoms with E-state index in [-0.39, 0.29) is 5.88 Å². The number of halogens is 2. The van der Waals surface area contributed by atoms with Gasteiger partial charge < -0.3 is 14.5 Å². The van der Waals surface area contributed by atoms with Crippen LogP contribution >= 0.6 is 27.5 Å². The molecule has 0 fully saturated rings. The largest absolute Gasteiger partial charge is 0.495 e. The Bertz CT molecular complexity index is 518. The smallest absolute Gasteiger partial charge is 0.320 e. The lowest BCUT2D eigenvalue weighted by molar-refractivity contribution is 0.412. The Morgan fingerprint density at radius 2 is 2.29 bits per heavy atom. The number of nitrogens with one attached hydrogen (secondary N) is 1. The van der Waals surface area contributed by atoms with Crippen molar-refractivity contribution in [1.29, 1.82) is 0 Å². The van der Waals surface area contributed by atoms with Gasteiger partial charge >= 0.3 is 6.01 Å². The van der Waals surface area contributed by atoms with Crippen molar-refractivity contribution in [3.05, 3.63) is 28.6 Å². The standard InChI is InChI=1S/C10H9BrClN3O2/c1-16-8-4-6(2-3-7(8)11)13-10-15-14-9(5-12)17-10/h2-4H,5H2,1H3,(H,13,15). The van der Waals surface area contributed by atoms with Crippen LogP contribution in [0.4, 0.5) is 11.7 Å². The highest BCUT2D eigenvalue weighted by Crippen LogP contribution is 2.29. The Hall–Kier alpha value is -1.27. The van der Waals surface area contributed by atoms with Crippen molar-refractivity contribution < 1.29 is 9.15 Å². The summed E-state index contributed by atoms with van der Waals surface area (Å²) in [4.78, 5) is 0. The molecule has 90 valence electrons. The molecule has 0 amide bonds. The number of aromatic nitrogens is 2. The SMILES string of the molecule is COc1cc(Nc2nnc(CCl)o2)ccc1Br. The molecule has 0 aliphatic carbocycles. The lowest BCUT2D eigenvalue weighted by Gasteiger charge is -2.06. The van der Waals surface area contributed by atoms with Crippen molar-refractivity contribution in [1.82, 2.24) is 10.2 Å². The number of ether oxygens (including phenoxy) is 1. The van der Waals surface area contributed by atoms with E-state index in [0.29, 0.717) is 17.7 Å². The third-order valence-electron chi connectivity index (χ3n) is 1.98. The van der Waals surface area contributed by atoms with Crippen molar-refractivity contribution in [3.63, 3.8) is 0 Å². The number of hydrogen-bond acceptors (Lipinski definition) is 5. The zero-order valence-corrected chi connectivity index (χ0v) is 11.2. The molecule has 1 heterocycles. The Morgan fingerprint density at radius 1 is 1.47 bits per heavy atom. The monoisotopic (exact) mass is 317 g/mol. The van der Waals surface area contributed by atoms with Crippen LogP contribution < -0.4 is 10.1 Å². The molecular formula is C10H9BrClN3O2. The van der Waals surface area contributed by atoms with Crippen molar-refractivity contribution in [2.24, 2.45) is 0 Å². The van der Waals surface area contributed by atoms with Crippen molar-refractivity contribution in [2.75, 3.05) is 12.4 Å². The van der Waals surface area contributed by atoms with Gasteiger partial charge in [0.1, 0.15) is 11.6 Å². The van der Waals surface area contributed by atoms with Crippen molar-refractivity contribution in [2.45, 2.75) is 5.88 Å². The third-order valence-corrected chi connectivity index (χ3v) is 2.87. The quantitative estimate of drug-likeness (QED) is 0.876. The van der Waals surface area contributed by atoms with Crippen LogP contribution in [0.3, 0.4) is 0 Å². The van der Waals surface area contributed by atoms with E-state index >= 15 is 0 Å². The third kappa shape index (κ3) is 2.89. The van der Waals surface area contributed by atoms with Crippen LogP contribution in [0.15, 0.2) is 27.1 Å². The number of rotatable bonds is 4. The first-order valence-corrected chi connectivity index (χ1v) is 6.04. The summed E-state index contributed by atoms with van der Waals surface area (Å²) >= 11 is 8.93. The molecule has 7 heteroatoms. The first-order valence-electron chi connectivity index (χ1n) is 4.72. The maximum absolute atomic E-state index is 5.56. The number of anilines is 2. The normalized spacial score (nSPS) is 10.3. The summed E-state index contributed by atoms with van der Waals surface area (Å²) < 4.78 is 11.3. The van der Waals surface area contributed by atoms with E-state index in [2.05, 4.69) is 31.4 Å². The van der Waals surface area contributed by atoms with Crippen LogP contribution in [0.25, 0.3) is 0 Å². The second kappa shape index (κ2) is 5.37. The van der Waals surface area contributed by atoms with Gasteiger partial charge in [0, 0.05) is 11.8 Å². The molecule has 1 aromatic heterocycles. The van der Waals surface area contributed by atoms with Gasteiger partial charge in [-0.2, -0.15) is 0 Å². The summed E-state index contributed by atoms with van der Waals surface area (Å²) in [6.45, 7) is 0. The van der Waals surface area contributed by atoms with Gasteiger partial charge in [-0.1, -0.05) is 5.10 Å². The number of nitrogens with zero attached hydrogens (tertiary/aromatic N) is 2. The average molecular weight is 319 g/mol. The molecule has 0 bridgehead atoms. The molecule has 0 saturated heterocycles. The van der Waals surface area contributed by atoms with Gasteiger partial charge in [-0.05, 0) is 28.1 Å². The van der Waals surface area contributed by atoms with Gasteiger partial charge in [0.05, 0.1) is 11.6 Å². The molecule has 2 aromatic rings. The molecule has 0 saturated carbocycles. The average Bonchev–Trinajstić information content (AvgIpc) is 2.79. The fourth-order valence-corrected chi connectivity index (χ4v) is 1.74. The summed E-state index contributed by atoms with van der Waals surface area (Å²) in [5.74, 6) is 1.28. The molecular weight excluding hydrogens is 309 g/mol. The van der Waals surface area contributed by atoms with Gasteiger partial charge in [-0.25, -0.2) is 0 Å². The minimum absolute atomic E-state index is 0.193. The van der Waals surface area contributed by atoms with E-state index in [1.165, 1.54) is 0 Å². The number of methoxy groups -OCH3 is 1. The van der Waals surface area contributed by atoms with Crippen LogP contribution in [-0.2, 0) is 5.88 Å². The van der Waals surface area contributed by atoms with Gasteiger partial charge in [0.15, 0.2) is 0 Å². The predicted molar refractivity (Wildman–Crippen MR) is 67.8 cm³/mol. The Morgan fingerprint density at radius 3 is 2.94 bits per heavy atom.